The smallest absolute Gasteiger partial charge is 0.398 e. The second kappa shape index (κ2) is 6.39. The lowest BCUT2D eigenvalue weighted by Gasteiger charge is -2.32. The molecule has 1 saturated carbocycles. The maximum atomic E-state index is 14.6. The largest absolute Gasteiger partial charge is 0.525 e. The van der Waals surface area contributed by atoms with Crippen molar-refractivity contribution in [2.24, 2.45) is 5.92 Å². The van der Waals surface area contributed by atoms with E-state index in [1.165, 1.54) is 0 Å². The standard InChI is InChI=1S/C16H25BF4O2/c1-14(2)15(3,4)23-17(22-14)13(18)12-7-5-11(6-8-12)9-10-16(19,20)21/h11H,5-10H2,1-4H3. The Kier molecular flexibility index (Phi) is 5.22. The second-order valence-electron chi connectivity index (χ2n) is 7.64. The van der Waals surface area contributed by atoms with Crippen LogP contribution in [0.5, 0.6) is 0 Å². The Morgan fingerprint density at radius 2 is 1.57 bits per heavy atom. The van der Waals surface area contributed by atoms with Gasteiger partial charge in [-0.1, -0.05) is 0 Å². The number of rotatable bonds is 3. The molecule has 0 unspecified atom stereocenters. The van der Waals surface area contributed by atoms with Crippen molar-refractivity contribution in [3.63, 3.8) is 0 Å². The summed E-state index contributed by atoms with van der Waals surface area (Å²) in [7, 11) is -0.998. The van der Waals surface area contributed by atoms with E-state index < -0.39 is 36.6 Å². The monoisotopic (exact) mass is 336 g/mol. The summed E-state index contributed by atoms with van der Waals surface area (Å²) in [6.07, 6.45) is -2.57. The number of allylic oxidation sites excluding steroid dienone is 1. The van der Waals surface area contributed by atoms with Crippen molar-refractivity contribution in [2.45, 2.75) is 83.6 Å². The van der Waals surface area contributed by atoms with Gasteiger partial charge >= 0.3 is 13.3 Å². The third-order valence-electron chi connectivity index (χ3n) is 5.34. The van der Waals surface area contributed by atoms with Crippen molar-refractivity contribution in [3.05, 3.63) is 11.3 Å². The van der Waals surface area contributed by atoms with Crippen molar-refractivity contribution < 1.29 is 26.9 Å². The van der Waals surface area contributed by atoms with Gasteiger partial charge in [-0.05, 0) is 71.3 Å². The van der Waals surface area contributed by atoms with E-state index in [0.29, 0.717) is 31.3 Å². The molecule has 0 aromatic heterocycles. The van der Waals surface area contributed by atoms with Crippen LogP contribution in [0.25, 0.3) is 0 Å². The molecule has 2 nitrogen and oxygen atoms in total. The minimum Gasteiger partial charge on any atom is -0.398 e. The lowest BCUT2D eigenvalue weighted by Crippen LogP contribution is -2.41. The summed E-state index contributed by atoms with van der Waals surface area (Å²) < 4.78 is 62.8. The van der Waals surface area contributed by atoms with Gasteiger partial charge in [0.2, 0.25) is 0 Å². The zero-order valence-corrected chi connectivity index (χ0v) is 14.2. The van der Waals surface area contributed by atoms with Crippen LogP contribution in [0.2, 0.25) is 0 Å². The summed E-state index contributed by atoms with van der Waals surface area (Å²) in [4.78, 5) is 0. The molecule has 1 aliphatic carbocycles. The van der Waals surface area contributed by atoms with Crippen molar-refractivity contribution in [1.29, 1.82) is 0 Å². The fourth-order valence-corrected chi connectivity index (χ4v) is 3.03. The highest BCUT2D eigenvalue weighted by molar-refractivity contribution is 6.53. The summed E-state index contributed by atoms with van der Waals surface area (Å²) in [5.74, 6) is 0.0199. The first kappa shape index (κ1) is 18.8. The van der Waals surface area contributed by atoms with Gasteiger partial charge in [-0.3, -0.25) is 0 Å². The minimum atomic E-state index is -4.11. The highest BCUT2D eigenvalue weighted by Crippen LogP contribution is 2.42. The van der Waals surface area contributed by atoms with E-state index in [1.807, 2.05) is 27.7 Å². The molecule has 0 aromatic carbocycles. The maximum Gasteiger partial charge on any atom is 0.525 e. The van der Waals surface area contributed by atoms with E-state index in [2.05, 4.69) is 0 Å². The summed E-state index contributed by atoms with van der Waals surface area (Å²) in [6, 6.07) is 0. The van der Waals surface area contributed by atoms with Gasteiger partial charge in [0.15, 0.2) is 0 Å². The summed E-state index contributed by atoms with van der Waals surface area (Å²) in [5, 5.41) is 0. The van der Waals surface area contributed by atoms with Gasteiger partial charge in [-0.25, -0.2) is 4.39 Å². The first-order valence-corrected chi connectivity index (χ1v) is 8.21. The normalized spacial score (nSPS) is 27.4. The fourth-order valence-electron chi connectivity index (χ4n) is 3.03. The maximum absolute atomic E-state index is 14.6. The lowest BCUT2D eigenvalue weighted by atomic mass is 9.76. The zero-order valence-electron chi connectivity index (χ0n) is 14.2. The Labute approximate surface area is 135 Å². The van der Waals surface area contributed by atoms with E-state index in [-0.39, 0.29) is 12.3 Å². The van der Waals surface area contributed by atoms with Crippen LogP contribution in [0.15, 0.2) is 11.3 Å². The van der Waals surface area contributed by atoms with Crippen LogP contribution in [-0.2, 0) is 9.31 Å². The van der Waals surface area contributed by atoms with Crippen molar-refractivity contribution in [1.82, 2.24) is 0 Å². The predicted octanol–water partition coefficient (Wildman–Crippen LogP) is 5.37. The predicted molar refractivity (Wildman–Crippen MR) is 81.5 cm³/mol. The zero-order chi connectivity index (χ0) is 17.5. The van der Waals surface area contributed by atoms with Crippen LogP contribution >= 0.6 is 0 Å². The minimum absolute atomic E-state index is 0.0199. The summed E-state index contributed by atoms with van der Waals surface area (Å²) in [6.45, 7) is 7.44. The third kappa shape index (κ3) is 4.50. The molecule has 0 atom stereocenters. The molecule has 132 valence electrons. The average Bonchev–Trinajstić information content (AvgIpc) is 2.64. The second-order valence-corrected chi connectivity index (χ2v) is 7.64. The Morgan fingerprint density at radius 3 is 2.00 bits per heavy atom. The van der Waals surface area contributed by atoms with Gasteiger partial charge in [0.05, 0.1) is 11.2 Å². The molecule has 0 N–H and O–H groups in total. The van der Waals surface area contributed by atoms with Crippen molar-refractivity contribution >= 4 is 7.12 Å². The van der Waals surface area contributed by atoms with Crippen LogP contribution in [0, 0.1) is 5.92 Å². The molecule has 0 aromatic rings. The van der Waals surface area contributed by atoms with Crippen molar-refractivity contribution in [3.8, 4) is 0 Å². The molecule has 2 aliphatic rings. The van der Waals surface area contributed by atoms with Gasteiger partial charge in [-0.2, -0.15) is 13.2 Å². The molecule has 2 fully saturated rings. The van der Waals surface area contributed by atoms with E-state index in [9.17, 15) is 17.6 Å². The molecule has 23 heavy (non-hydrogen) atoms. The van der Waals surface area contributed by atoms with Gasteiger partial charge < -0.3 is 9.31 Å². The van der Waals surface area contributed by atoms with Crippen LogP contribution in [-0.4, -0.2) is 24.5 Å². The number of hydrogen-bond acceptors (Lipinski definition) is 2. The first-order valence-electron chi connectivity index (χ1n) is 8.21. The van der Waals surface area contributed by atoms with E-state index >= 15 is 0 Å². The average molecular weight is 336 g/mol. The molecule has 1 saturated heterocycles. The highest BCUT2D eigenvalue weighted by atomic mass is 19.4. The van der Waals surface area contributed by atoms with E-state index in [0.717, 1.165) is 0 Å². The molecular formula is C16H25BF4O2. The number of alkyl halides is 3. The van der Waals surface area contributed by atoms with E-state index in [1.54, 1.807) is 0 Å². The van der Waals surface area contributed by atoms with Gasteiger partial charge in [0.25, 0.3) is 0 Å². The van der Waals surface area contributed by atoms with Crippen LogP contribution in [0.4, 0.5) is 17.6 Å². The molecule has 1 aliphatic heterocycles. The molecule has 1 heterocycles. The van der Waals surface area contributed by atoms with Crippen LogP contribution in [0.3, 0.4) is 0 Å². The quantitative estimate of drug-likeness (QED) is 0.509. The van der Waals surface area contributed by atoms with Crippen LogP contribution < -0.4 is 0 Å². The molecule has 0 radical (unpaired) electrons. The molecule has 7 heteroatoms. The molecule has 0 bridgehead atoms. The van der Waals surface area contributed by atoms with Gasteiger partial charge in [0, 0.05) is 6.42 Å². The molecule has 0 amide bonds. The van der Waals surface area contributed by atoms with Crippen LogP contribution in [0.1, 0.15) is 66.2 Å². The Balaban J connectivity index is 1.92. The summed E-state index contributed by atoms with van der Waals surface area (Å²) >= 11 is 0. The Bertz CT molecular complexity index is 445. The lowest BCUT2D eigenvalue weighted by molar-refractivity contribution is -0.137. The topological polar surface area (TPSA) is 18.5 Å². The number of halogens is 4. The van der Waals surface area contributed by atoms with Gasteiger partial charge in [-0.15, -0.1) is 0 Å². The Morgan fingerprint density at radius 1 is 1.09 bits per heavy atom. The molecular weight excluding hydrogens is 311 g/mol. The van der Waals surface area contributed by atoms with E-state index in [4.69, 9.17) is 9.31 Å². The number of hydrogen-bond donors (Lipinski definition) is 0. The first-order chi connectivity index (χ1) is 10.4. The third-order valence-corrected chi connectivity index (χ3v) is 5.34. The highest BCUT2D eigenvalue weighted by Gasteiger charge is 2.53. The molecule has 2 rings (SSSR count). The van der Waals surface area contributed by atoms with Gasteiger partial charge in [0.1, 0.15) is 5.73 Å². The molecule has 0 spiro atoms. The summed E-state index contributed by atoms with van der Waals surface area (Å²) in [5.41, 5.74) is -0.955. The SMILES string of the molecule is CC1(C)OB(C(F)=C2CCC(CCC(F)(F)F)CC2)OC1(C)C. The van der Waals surface area contributed by atoms with Crippen molar-refractivity contribution in [2.75, 3.05) is 0 Å². The fraction of sp³-hybridized carbons (Fsp3) is 0.875. The Hall–Kier alpha value is -0.555.